The van der Waals surface area contributed by atoms with E-state index >= 15 is 0 Å². The van der Waals surface area contributed by atoms with Crippen LogP contribution in [0.1, 0.15) is 13.3 Å². The predicted molar refractivity (Wildman–Crippen MR) is 65.3 cm³/mol. The number of methoxy groups -OCH3 is 1. The van der Waals surface area contributed by atoms with Crippen molar-refractivity contribution in [3.8, 4) is 5.75 Å². The van der Waals surface area contributed by atoms with E-state index in [-0.39, 0.29) is 5.75 Å². The van der Waals surface area contributed by atoms with E-state index in [2.05, 4.69) is 5.32 Å². The molecule has 0 heterocycles. The minimum Gasteiger partial charge on any atom is -0.494 e. The summed E-state index contributed by atoms with van der Waals surface area (Å²) in [5.41, 5.74) is 6.77. The molecular weight excluding hydrogens is 207 g/mol. The lowest BCUT2D eigenvalue weighted by atomic mass is 10.2. The maximum absolute atomic E-state index is 13.2. The highest BCUT2D eigenvalue weighted by molar-refractivity contribution is 5.68. The summed E-state index contributed by atoms with van der Waals surface area (Å²) in [6.07, 6.45) is 4.93. The third-order valence-corrected chi connectivity index (χ3v) is 2.19. The number of nitrogens with two attached hydrogens (primary N) is 1. The van der Waals surface area contributed by atoms with Gasteiger partial charge in [-0.05, 0) is 13.3 Å². The molecule has 0 atom stereocenters. The van der Waals surface area contributed by atoms with E-state index < -0.39 is 5.82 Å². The second kappa shape index (κ2) is 6.00. The maximum Gasteiger partial charge on any atom is 0.167 e. The SMILES string of the molecule is C/C=C/CCNc1cc(OC)c(F)cc1N. The quantitative estimate of drug-likeness (QED) is 0.459. The molecule has 1 aromatic rings. The number of ether oxygens (including phenoxy) is 1. The third kappa shape index (κ3) is 3.15. The Balaban J connectivity index is 2.71. The lowest BCUT2D eigenvalue weighted by molar-refractivity contribution is 0.387. The molecule has 3 N–H and O–H groups in total. The van der Waals surface area contributed by atoms with Crippen LogP contribution in [-0.4, -0.2) is 13.7 Å². The number of anilines is 2. The molecule has 0 aliphatic heterocycles. The van der Waals surface area contributed by atoms with Crippen LogP contribution in [-0.2, 0) is 0 Å². The standard InChI is InChI=1S/C12H17FN2O/c1-3-4-5-6-15-11-8-12(16-2)9(13)7-10(11)14/h3-4,7-8,15H,5-6,14H2,1-2H3/b4-3+. The number of rotatable bonds is 5. The summed E-state index contributed by atoms with van der Waals surface area (Å²) in [5, 5.41) is 3.13. The van der Waals surface area contributed by atoms with Gasteiger partial charge in [0.05, 0.1) is 18.5 Å². The van der Waals surface area contributed by atoms with E-state index in [0.717, 1.165) is 13.0 Å². The maximum atomic E-state index is 13.2. The molecule has 0 aliphatic carbocycles. The largest absolute Gasteiger partial charge is 0.494 e. The summed E-state index contributed by atoms with van der Waals surface area (Å²) in [5.74, 6) is -0.248. The topological polar surface area (TPSA) is 47.3 Å². The second-order valence-electron chi connectivity index (χ2n) is 3.36. The van der Waals surface area contributed by atoms with Gasteiger partial charge in [-0.3, -0.25) is 0 Å². The molecule has 0 aliphatic rings. The van der Waals surface area contributed by atoms with Gasteiger partial charge in [0, 0.05) is 18.7 Å². The van der Waals surface area contributed by atoms with Crippen molar-refractivity contribution >= 4 is 11.4 Å². The van der Waals surface area contributed by atoms with Crippen molar-refractivity contribution in [3.05, 3.63) is 30.1 Å². The van der Waals surface area contributed by atoms with Gasteiger partial charge in [0.25, 0.3) is 0 Å². The van der Waals surface area contributed by atoms with Gasteiger partial charge in [0.1, 0.15) is 0 Å². The van der Waals surface area contributed by atoms with Crippen molar-refractivity contribution in [2.24, 2.45) is 0 Å². The molecule has 0 radical (unpaired) electrons. The molecule has 16 heavy (non-hydrogen) atoms. The van der Waals surface area contributed by atoms with Crippen molar-refractivity contribution in [1.29, 1.82) is 0 Å². The molecule has 0 spiro atoms. The molecule has 3 nitrogen and oxygen atoms in total. The fourth-order valence-corrected chi connectivity index (χ4v) is 1.34. The molecule has 4 heteroatoms. The zero-order valence-electron chi connectivity index (χ0n) is 9.59. The van der Waals surface area contributed by atoms with Crippen LogP contribution in [0.25, 0.3) is 0 Å². The Bertz CT molecular complexity index is 378. The average Bonchev–Trinajstić information content (AvgIpc) is 2.27. The number of hydrogen-bond donors (Lipinski definition) is 2. The molecule has 0 fully saturated rings. The Morgan fingerprint density at radius 2 is 2.25 bits per heavy atom. The Morgan fingerprint density at radius 1 is 1.50 bits per heavy atom. The van der Waals surface area contributed by atoms with Crippen LogP contribution in [0, 0.1) is 5.82 Å². The molecule has 0 amide bonds. The summed E-state index contributed by atoms with van der Waals surface area (Å²) in [6, 6.07) is 2.83. The summed E-state index contributed by atoms with van der Waals surface area (Å²) in [4.78, 5) is 0. The monoisotopic (exact) mass is 224 g/mol. The number of nitrogen functional groups attached to an aromatic ring is 1. The molecule has 0 saturated heterocycles. The number of benzene rings is 1. The molecule has 88 valence electrons. The summed E-state index contributed by atoms with van der Waals surface area (Å²) in [6.45, 7) is 2.72. The first kappa shape index (κ1) is 12.4. The minimum atomic E-state index is -0.445. The van der Waals surface area contributed by atoms with Gasteiger partial charge >= 0.3 is 0 Å². The van der Waals surface area contributed by atoms with Crippen molar-refractivity contribution in [2.45, 2.75) is 13.3 Å². The van der Waals surface area contributed by atoms with E-state index in [1.54, 1.807) is 6.07 Å². The Kier molecular flexibility index (Phi) is 4.64. The number of halogens is 1. The van der Waals surface area contributed by atoms with Crippen LogP contribution in [0.15, 0.2) is 24.3 Å². The minimum absolute atomic E-state index is 0.197. The van der Waals surface area contributed by atoms with Crippen LogP contribution in [0.2, 0.25) is 0 Å². The summed E-state index contributed by atoms with van der Waals surface area (Å²) < 4.78 is 18.1. The third-order valence-electron chi connectivity index (χ3n) is 2.19. The van der Waals surface area contributed by atoms with Gasteiger partial charge in [-0.15, -0.1) is 0 Å². The van der Waals surface area contributed by atoms with Gasteiger partial charge in [0.2, 0.25) is 0 Å². The van der Waals surface area contributed by atoms with Crippen LogP contribution >= 0.6 is 0 Å². The van der Waals surface area contributed by atoms with Crippen molar-refractivity contribution in [3.63, 3.8) is 0 Å². The average molecular weight is 224 g/mol. The highest BCUT2D eigenvalue weighted by Crippen LogP contribution is 2.27. The van der Waals surface area contributed by atoms with Gasteiger partial charge in [-0.25, -0.2) is 4.39 Å². The smallest absolute Gasteiger partial charge is 0.167 e. The van der Waals surface area contributed by atoms with E-state index in [9.17, 15) is 4.39 Å². The molecule has 0 saturated carbocycles. The Morgan fingerprint density at radius 3 is 2.88 bits per heavy atom. The second-order valence-corrected chi connectivity index (χ2v) is 3.36. The van der Waals surface area contributed by atoms with Gasteiger partial charge in [-0.1, -0.05) is 12.2 Å². The molecule has 1 aromatic carbocycles. The zero-order valence-corrected chi connectivity index (χ0v) is 9.59. The normalized spacial score (nSPS) is 10.7. The lowest BCUT2D eigenvalue weighted by Crippen LogP contribution is -2.04. The highest BCUT2D eigenvalue weighted by Gasteiger charge is 2.07. The highest BCUT2D eigenvalue weighted by atomic mass is 19.1. The van der Waals surface area contributed by atoms with Gasteiger partial charge in [-0.2, -0.15) is 0 Å². The first-order chi connectivity index (χ1) is 7.69. The van der Waals surface area contributed by atoms with E-state index in [1.165, 1.54) is 13.2 Å². The first-order valence-corrected chi connectivity index (χ1v) is 5.17. The molecule has 1 rings (SSSR count). The predicted octanol–water partition coefficient (Wildman–Crippen LogP) is 2.79. The molecule has 0 bridgehead atoms. The molecule has 0 unspecified atom stereocenters. The summed E-state index contributed by atoms with van der Waals surface area (Å²) >= 11 is 0. The molecule has 0 aromatic heterocycles. The molecular formula is C12H17FN2O. The summed E-state index contributed by atoms with van der Waals surface area (Å²) in [7, 11) is 1.43. The number of nitrogens with one attached hydrogen (secondary N) is 1. The van der Waals surface area contributed by atoms with E-state index in [0.29, 0.717) is 11.4 Å². The van der Waals surface area contributed by atoms with E-state index in [1.807, 2.05) is 19.1 Å². The van der Waals surface area contributed by atoms with Crippen molar-refractivity contribution in [1.82, 2.24) is 0 Å². The fraction of sp³-hybridized carbons (Fsp3) is 0.333. The Labute approximate surface area is 95.1 Å². The van der Waals surface area contributed by atoms with E-state index in [4.69, 9.17) is 10.5 Å². The number of hydrogen-bond acceptors (Lipinski definition) is 3. The zero-order chi connectivity index (χ0) is 12.0. The van der Waals surface area contributed by atoms with Crippen LogP contribution in [0.5, 0.6) is 5.75 Å². The van der Waals surface area contributed by atoms with Crippen molar-refractivity contribution in [2.75, 3.05) is 24.7 Å². The van der Waals surface area contributed by atoms with Crippen LogP contribution in [0.4, 0.5) is 15.8 Å². The first-order valence-electron chi connectivity index (χ1n) is 5.17. The van der Waals surface area contributed by atoms with Gasteiger partial charge in [0.15, 0.2) is 11.6 Å². The Hall–Kier alpha value is -1.71. The lowest BCUT2D eigenvalue weighted by Gasteiger charge is -2.10. The fourth-order valence-electron chi connectivity index (χ4n) is 1.34. The number of allylic oxidation sites excluding steroid dienone is 1. The van der Waals surface area contributed by atoms with Crippen molar-refractivity contribution < 1.29 is 9.13 Å². The van der Waals surface area contributed by atoms with Crippen LogP contribution in [0.3, 0.4) is 0 Å². The van der Waals surface area contributed by atoms with Gasteiger partial charge < -0.3 is 15.8 Å². The van der Waals surface area contributed by atoms with Crippen LogP contribution < -0.4 is 15.8 Å².